The SMILES string of the molecule is COc1cc2c(cc1O)CN(CCc1ccc(N)cc1)CC2. The molecule has 1 aliphatic heterocycles. The van der Waals surface area contributed by atoms with Crippen LogP contribution in [0, 0.1) is 0 Å². The second kappa shape index (κ2) is 6.28. The van der Waals surface area contributed by atoms with E-state index in [0.717, 1.165) is 38.2 Å². The van der Waals surface area contributed by atoms with Crippen LogP contribution in [0.15, 0.2) is 36.4 Å². The van der Waals surface area contributed by atoms with Crippen molar-refractivity contribution in [3.63, 3.8) is 0 Å². The quantitative estimate of drug-likeness (QED) is 0.852. The lowest BCUT2D eigenvalue weighted by Crippen LogP contribution is -2.32. The van der Waals surface area contributed by atoms with Gasteiger partial charge in [0.1, 0.15) is 0 Å². The molecule has 2 aromatic rings. The molecule has 2 aromatic carbocycles. The Morgan fingerprint density at radius 3 is 2.68 bits per heavy atom. The van der Waals surface area contributed by atoms with E-state index in [9.17, 15) is 5.11 Å². The van der Waals surface area contributed by atoms with Crippen molar-refractivity contribution in [3.05, 3.63) is 53.1 Å². The summed E-state index contributed by atoms with van der Waals surface area (Å²) in [7, 11) is 1.59. The zero-order valence-electron chi connectivity index (χ0n) is 12.9. The van der Waals surface area contributed by atoms with E-state index in [-0.39, 0.29) is 5.75 Å². The number of ether oxygens (including phenoxy) is 1. The predicted octanol–water partition coefficient (Wildman–Crippen LogP) is 2.58. The molecule has 0 bridgehead atoms. The number of nitrogens with zero attached hydrogens (tertiary/aromatic N) is 1. The highest BCUT2D eigenvalue weighted by Crippen LogP contribution is 2.32. The van der Waals surface area contributed by atoms with Gasteiger partial charge < -0.3 is 15.6 Å². The first-order chi connectivity index (χ1) is 10.7. The Balaban J connectivity index is 1.64. The topological polar surface area (TPSA) is 58.7 Å². The summed E-state index contributed by atoms with van der Waals surface area (Å²) in [5.41, 5.74) is 10.3. The van der Waals surface area contributed by atoms with E-state index in [1.165, 1.54) is 16.7 Å². The van der Waals surface area contributed by atoms with Crippen LogP contribution in [0.4, 0.5) is 5.69 Å². The molecule has 0 fully saturated rings. The van der Waals surface area contributed by atoms with Crippen LogP contribution in [0.5, 0.6) is 11.5 Å². The van der Waals surface area contributed by atoms with Gasteiger partial charge >= 0.3 is 0 Å². The maximum absolute atomic E-state index is 9.93. The molecule has 4 heteroatoms. The third-order valence-electron chi connectivity index (χ3n) is 4.29. The molecule has 0 spiro atoms. The highest BCUT2D eigenvalue weighted by atomic mass is 16.5. The number of rotatable bonds is 4. The van der Waals surface area contributed by atoms with Gasteiger partial charge in [-0.2, -0.15) is 0 Å². The molecule has 0 aromatic heterocycles. The van der Waals surface area contributed by atoms with Gasteiger partial charge in [-0.1, -0.05) is 12.1 Å². The molecule has 1 heterocycles. The van der Waals surface area contributed by atoms with Crippen molar-refractivity contribution in [1.29, 1.82) is 0 Å². The number of fused-ring (bicyclic) bond motifs is 1. The number of aromatic hydroxyl groups is 1. The second-order valence-electron chi connectivity index (χ2n) is 5.81. The molecule has 1 aliphatic rings. The summed E-state index contributed by atoms with van der Waals surface area (Å²) in [6.07, 6.45) is 2.01. The third-order valence-corrected chi connectivity index (χ3v) is 4.29. The number of nitrogen functional groups attached to an aromatic ring is 1. The van der Waals surface area contributed by atoms with Gasteiger partial charge in [0.05, 0.1) is 7.11 Å². The zero-order valence-corrected chi connectivity index (χ0v) is 12.9. The van der Waals surface area contributed by atoms with Gasteiger partial charge in [-0.25, -0.2) is 0 Å². The van der Waals surface area contributed by atoms with Gasteiger partial charge in [-0.15, -0.1) is 0 Å². The molecule has 0 aliphatic carbocycles. The number of hydrogen-bond donors (Lipinski definition) is 2. The molecule has 3 rings (SSSR count). The number of phenolic OH excluding ortho intramolecular Hbond substituents is 1. The molecule has 22 heavy (non-hydrogen) atoms. The molecule has 0 amide bonds. The molecular weight excluding hydrogens is 276 g/mol. The summed E-state index contributed by atoms with van der Waals surface area (Å²) in [5, 5.41) is 9.93. The van der Waals surface area contributed by atoms with Crippen LogP contribution in [0.3, 0.4) is 0 Å². The van der Waals surface area contributed by atoms with Gasteiger partial charge in [0.15, 0.2) is 11.5 Å². The summed E-state index contributed by atoms with van der Waals surface area (Å²) in [6.45, 7) is 2.92. The van der Waals surface area contributed by atoms with Gasteiger partial charge in [0.2, 0.25) is 0 Å². The molecule has 0 saturated carbocycles. The number of methoxy groups -OCH3 is 1. The lowest BCUT2D eigenvalue weighted by Gasteiger charge is -2.29. The Morgan fingerprint density at radius 1 is 1.18 bits per heavy atom. The summed E-state index contributed by atoms with van der Waals surface area (Å²) in [6, 6.07) is 11.9. The first-order valence-electron chi connectivity index (χ1n) is 7.61. The van der Waals surface area contributed by atoms with E-state index in [2.05, 4.69) is 17.0 Å². The smallest absolute Gasteiger partial charge is 0.160 e. The van der Waals surface area contributed by atoms with Crippen LogP contribution in [0.25, 0.3) is 0 Å². The molecular formula is C18H22N2O2. The fourth-order valence-electron chi connectivity index (χ4n) is 2.96. The third kappa shape index (κ3) is 3.17. The van der Waals surface area contributed by atoms with Crippen molar-refractivity contribution in [2.24, 2.45) is 0 Å². The summed E-state index contributed by atoms with van der Waals surface area (Å²) < 4.78 is 5.18. The molecule has 3 N–H and O–H groups in total. The van der Waals surface area contributed by atoms with E-state index in [4.69, 9.17) is 10.5 Å². The molecule has 0 saturated heterocycles. The lowest BCUT2D eigenvalue weighted by atomic mass is 9.98. The number of nitrogens with two attached hydrogens (primary N) is 1. The molecule has 116 valence electrons. The van der Waals surface area contributed by atoms with E-state index in [1.54, 1.807) is 7.11 Å². The lowest BCUT2D eigenvalue weighted by molar-refractivity contribution is 0.256. The predicted molar refractivity (Wildman–Crippen MR) is 88.2 cm³/mol. The standard InChI is InChI=1S/C18H22N2O2/c1-22-18-11-14-7-9-20(12-15(14)10-17(18)21)8-6-13-2-4-16(19)5-3-13/h2-5,10-11,21H,6-9,12,19H2,1H3. The average Bonchev–Trinajstić information content (AvgIpc) is 2.53. The van der Waals surface area contributed by atoms with E-state index >= 15 is 0 Å². The highest BCUT2D eigenvalue weighted by Gasteiger charge is 2.18. The summed E-state index contributed by atoms with van der Waals surface area (Å²) >= 11 is 0. The normalized spacial score (nSPS) is 14.6. The van der Waals surface area contributed by atoms with Gasteiger partial charge in [0.25, 0.3) is 0 Å². The molecule has 4 nitrogen and oxygen atoms in total. The maximum atomic E-state index is 9.93. The summed E-state index contributed by atoms with van der Waals surface area (Å²) in [4.78, 5) is 2.42. The Hall–Kier alpha value is -2.20. The Bertz CT molecular complexity index is 653. The number of phenols is 1. The van der Waals surface area contributed by atoms with Crippen LogP contribution in [-0.4, -0.2) is 30.2 Å². The van der Waals surface area contributed by atoms with Gasteiger partial charge in [-0.3, -0.25) is 4.90 Å². The largest absolute Gasteiger partial charge is 0.504 e. The van der Waals surface area contributed by atoms with Crippen molar-refractivity contribution < 1.29 is 9.84 Å². The Labute approximate surface area is 131 Å². The monoisotopic (exact) mass is 298 g/mol. The van der Waals surface area contributed by atoms with Crippen LogP contribution in [0.2, 0.25) is 0 Å². The highest BCUT2D eigenvalue weighted by molar-refractivity contribution is 5.47. The minimum absolute atomic E-state index is 0.224. The van der Waals surface area contributed by atoms with Crippen molar-refractivity contribution in [2.45, 2.75) is 19.4 Å². The van der Waals surface area contributed by atoms with Crippen LogP contribution in [-0.2, 0) is 19.4 Å². The van der Waals surface area contributed by atoms with E-state index in [0.29, 0.717) is 5.75 Å². The minimum atomic E-state index is 0.224. The maximum Gasteiger partial charge on any atom is 0.160 e. The molecule has 0 atom stereocenters. The van der Waals surface area contributed by atoms with Gasteiger partial charge in [0, 0.05) is 25.3 Å². The first-order valence-corrected chi connectivity index (χ1v) is 7.61. The Morgan fingerprint density at radius 2 is 1.95 bits per heavy atom. The molecule has 0 unspecified atom stereocenters. The fourth-order valence-corrected chi connectivity index (χ4v) is 2.96. The number of anilines is 1. The van der Waals surface area contributed by atoms with E-state index < -0.39 is 0 Å². The van der Waals surface area contributed by atoms with Crippen molar-refractivity contribution in [2.75, 3.05) is 25.9 Å². The van der Waals surface area contributed by atoms with Crippen molar-refractivity contribution >= 4 is 5.69 Å². The van der Waals surface area contributed by atoms with E-state index in [1.807, 2.05) is 24.3 Å². The number of benzene rings is 2. The van der Waals surface area contributed by atoms with Crippen LogP contribution < -0.4 is 10.5 Å². The first kappa shape index (κ1) is 14.7. The Kier molecular flexibility index (Phi) is 4.20. The fraction of sp³-hybridized carbons (Fsp3) is 0.333. The van der Waals surface area contributed by atoms with Crippen molar-refractivity contribution in [1.82, 2.24) is 4.90 Å². The second-order valence-corrected chi connectivity index (χ2v) is 5.81. The van der Waals surface area contributed by atoms with Crippen LogP contribution >= 0.6 is 0 Å². The van der Waals surface area contributed by atoms with Gasteiger partial charge in [-0.05, 0) is 53.8 Å². The number of hydrogen-bond acceptors (Lipinski definition) is 4. The van der Waals surface area contributed by atoms with Crippen LogP contribution in [0.1, 0.15) is 16.7 Å². The summed E-state index contributed by atoms with van der Waals surface area (Å²) in [5.74, 6) is 0.788. The molecule has 0 radical (unpaired) electrons. The zero-order chi connectivity index (χ0) is 15.5. The van der Waals surface area contributed by atoms with Crippen molar-refractivity contribution in [3.8, 4) is 11.5 Å². The average molecular weight is 298 g/mol. The minimum Gasteiger partial charge on any atom is -0.504 e.